The summed E-state index contributed by atoms with van der Waals surface area (Å²) in [6, 6.07) is 21.1. The Morgan fingerprint density at radius 3 is 2.26 bits per heavy atom. The van der Waals surface area contributed by atoms with Crippen molar-refractivity contribution in [3.63, 3.8) is 0 Å². The van der Waals surface area contributed by atoms with Gasteiger partial charge in [-0.15, -0.1) is 0 Å². The highest BCUT2D eigenvalue weighted by molar-refractivity contribution is 5.97. The lowest BCUT2D eigenvalue weighted by atomic mass is 10.0. The van der Waals surface area contributed by atoms with Crippen molar-refractivity contribution < 1.29 is 33.3 Å². The molecule has 248 valence electrons. The molecule has 0 N–H and O–H groups in total. The summed E-state index contributed by atoms with van der Waals surface area (Å²) in [4.78, 5) is 31.7. The lowest BCUT2D eigenvalue weighted by Gasteiger charge is -2.33. The van der Waals surface area contributed by atoms with E-state index in [0.717, 1.165) is 36.8 Å². The molecule has 1 aliphatic rings. The van der Waals surface area contributed by atoms with Crippen LogP contribution in [0, 0.1) is 0 Å². The van der Waals surface area contributed by atoms with Gasteiger partial charge >= 0.3 is 0 Å². The van der Waals surface area contributed by atoms with Gasteiger partial charge < -0.3 is 33.5 Å². The molecule has 46 heavy (non-hydrogen) atoms. The molecule has 0 bridgehead atoms. The quantitative estimate of drug-likeness (QED) is 0.263. The van der Waals surface area contributed by atoms with Crippen molar-refractivity contribution in [3.05, 3.63) is 83.4 Å². The minimum absolute atomic E-state index is 0.0450. The number of benzene rings is 3. The summed E-state index contributed by atoms with van der Waals surface area (Å²) in [6.45, 7) is 2.51. The molecule has 0 saturated heterocycles. The molecule has 4 rings (SSSR count). The normalized spacial score (nSPS) is 16.2. The second kappa shape index (κ2) is 18.0. The topological polar surface area (TPSA) is 86.8 Å². The smallest absolute Gasteiger partial charge is 0.257 e. The van der Waals surface area contributed by atoms with Gasteiger partial charge in [0.05, 0.1) is 39.5 Å². The van der Waals surface area contributed by atoms with Gasteiger partial charge in [0.25, 0.3) is 5.91 Å². The fraction of sp³-hybridized carbons (Fsp3) is 0.459. The molecule has 0 spiro atoms. The lowest BCUT2D eigenvalue weighted by Crippen LogP contribution is -2.46. The van der Waals surface area contributed by atoms with Crippen LogP contribution < -0.4 is 18.9 Å². The van der Waals surface area contributed by atoms with Crippen molar-refractivity contribution in [3.8, 4) is 23.0 Å². The van der Waals surface area contributed by atoms with Gasteiger partial charge in [0.2, 0.25) is 11.7 Å². The Morgan fingerprint density at radius 1 is 0.826 bits per heavy atom. The molecule has 9 nitrogen and oxygen atoms in total. The minimum Gasteiger partial charge on any atom is -0.493 e. The maximum atomic E-state index is 14.1. The van der Waals surface area contributed by atoms with Gasteiger partial charge in [0.1, 0.15) is 12.4 Å². The molecule has 0 unspecified atom stereocenters. The summed E-state index contributed by atoms with van der Waals surface area (Å²) in [5, 5.41) is 0. The largest absolute Gasteiger partial charge is 0.493 e. The first-order valence-corrected chi connectivity index (χ1v) is 16.1. The molecule has 1 atom stereocenters. The number of nitrogens with zero attached hydrogens (tertiary/aromatic N) is 2. The molecule has 0 fully saturated rings. The van der Waals surface area contributed by atoms with E-state index in [1.165, 1.54) is 0 Å². The molecular formula is C37H48N2O7. The van der Waals surface area contributed by atoms with E-state index in [0.29, 0.717) is 74.1 Å². The van der Waals surface area contributed by atoms with Crippen molar-refractivity contribution in [1.82, 2.24) is 9.80 Å². The van der Waals surface area contributed by atoms with Crippen LogP contribution in [0.4, 0.5) is 0 Å². The second-order valence-corrected chi connectivity index (χ2v) is 11.4. The molecule has 1 heterocycles. The Balaban J connectivity index is 1.62. The first-order valence-electron chi connectivity index (χ1n) is 16.1. The maximum absolute atomic E-state index is 14.1. The van der Waals surface area contributed by atoms with E-state index in [1.54, 1.807) is 28.4 Å². The SMILES string of the molecule is COCCN1CCCCCCN(C(=O)CCc2ccc(OC)c(OC)c2OC)[C@@H](Cc2ccccc2)COc2ccccc2C1=O. The monoisotopic (exact) mass is 632 g/mol. The van der Waals surface area contributed by atoms with E-state index >= 15 is 0 Å². The lowest BCUT2D eigenvalue weighted by molar-refractivity contribution is -0.134. The zero-order valence-corrected chi connectivity index (χ0v) is 27.7. The van der Waals surface area contributed by atoms with Crippen molar-refractivity contribution in [2.24, 2.45) is 0 Å². The minimum atomic E-state index is -0.238. The zero-order valence-electron chi connectivity index (χ0n) is 27.7. The summed E-state index contributed by atoms with van der Waals surface area (Å²) >= 11 is 0. The number of carbonyl (C=O) groups is 2. The van der Waals surface area contributed by atoms with Crippen molar-refractivity contribution in [2.45, 2.75) is 51.0 Å². The summed E-state index contributed by atoms with van der Waals surface area (Å²) in [5.41, 5.74) is 2.51. The number of amides is 2. The first kappa shape index (κ1) is 34.6. The number of rotatable bonds is 11. The number of aryl methyl sites for hydroxylation is 1. The van der Waals surface area contributed by atoms with Crippen molar-refractivity contribution >= 4 is 11.8 Å². The van der Waals surface area contributed by atoms with Crippen LogP contribution in [0.1, 0.15) is 53.6 Å². The number of hydrogen-bond acceptors (Lipinski definition) is 7. The van der Waals surface area contributed by atoms with Crippen LogP contribution >= 0.6 is 0 Å². The van der Waals surface area contributed by atoms with Crippen LogP contribution in [0.15, 0.2) is 66.7 Å². The highest BCUT2D eigenvalue weighted by atomic mass is 16.5. The van der Waals surface area contributed by atoms with Crippen molar-refractivity contribution in [1.29, 1.82) is 0 Å². The molecule has 0 aliphatic carbocycles. The Labute approximate surface area is 273 Å². The number of hydrogen-bond donors (Lipinski definition) is 0. The standard InChI is InChI=1S/C37H48N2O7/c1-42-25-24-38-22-12-5-6-13-23-39(34(40)21-19-29-18-20-33(43-2)36(45-4)35(29)44-3)30(26-28-14-8-7-9-15-28)27-46-32-17-11-10-16-31(32)37(38)41/h7-11,14-18,20,30H,5-6,12-13,19,21-27H2,1-4H3/t30-/m0/s1. The van der Waals surface area contributed by atoms with Gasteiger partial charge in [-0.3, -0.25) is 9.59 Å². The maximum Gasteiger partial charge on any atom is 0.257 e. The summed E-state index contributed by atoms with van der Waals surface area (Å²) in [6.07, 6.45) is 5.05. The average Bonchev–Trinajstić information content (AvgIpc) is 3.09. The molecule has 0 aromatic heterocycles. The van der Waals surface area contributed by atoms with Crippen LogP contribution in [0.3, 0.4) is 0 Å². The highest BCUT2D eigenvalue weighted by Crippen LogP contribution is 2.40. The molecule has 3 aromatic rings. The van der Waals surface area contributed by atoms with Crippen LogP contribution in [-0.2, 0) is 22.4 Å². The predicted molar refractivity (Wildman–Crippen MR) is 178 cm³/mol. The second-order valence-electron chi connectivity index (χ2n) is 11.4. The van der Waals surface area contributed by atoms with E-state index in [-0.39, 0.29) is 24.5 Å². The molecule has 2 amide bonds. The van der Waals surface area contributed by atoms with Crippen LogP contribution in [-0.4, -0.2) is 88.9 Å². The Bertz CT molecular complexity index is 1400. The van der Waals surface area contributed by atoms with Crippen LogP contribution in [0.25, 0.3) is 0 Å². The van der Waals surface area contributed by atoms with E-state index in [4.69, 9.17) is 23.7 Å². The molecule has 0 saturated carbocycles. The number of ether oxygens (including phenoxy) is 5. The molecule has 3 aromatic carbocycles. The number of methoxy groups -OCH3 is 4. The van der Waals surface area contributed by atoms with Crippen LogP contribution in [0.5, 0.6) is 23.0 Å². The van der Waals surface area contributed by atoms with Gasteiger partial charge in [-0.05, 0) is 55.0 Å². The third-order valence-corrected chi connectivity index (χ3v) is 8.45. The zero-order chi connectivity index (χ0) is 32.7. The fourth-order valence-corrected chi connectivity index (χ4v) is 5.98. The van der Waals surface area contributed by atoms with Gasteiger partial charge in [-0.25, -0.2) is 0 Å². The van der Waals surface area contributed by atoms with Crippen molar-refractivity contribution in [2.75, 3.05) is 61.3 Å². The molecule has 1 aliphatic heterocycles. The number of para-hydroxylation sites is 1. The van der Waals surface area contributed by atoms with E-state index in [9.17, 15) is 9.59 Å². The van der Waals surface area contributed by atoms with Gasteiger partial charge in [-0.2, -0.15) is 0 Å². The number of carbonyl (C=O) groups excluding carboxylic acids is 2. The van der Waals surface area contributed by atoms with E-state index in [1.807, 2.05) is 64.4 Å². The Kier molecular flexibility index (Phi) is 13.6. The summed E-state index contributed by atoms with van der Waals surface area (Å²) in [5.74, 6) is 2.15. The third-order valence-electron chi connectivity index (χ3n) is 8.45. The molecule has 9 heteroatoms. The predicted octanol–water partition coefficient (Wildman–Crippen LogP) is 5.83. The van der Waals surface area contributed by atoms with Gasteiger partial charge in [-0.1, -0.05) is 61.4 Å². The van der Waals surface area contributed by atoms with E-state index < -0.39 is 0 Å². The average molecular weight is 633 g/mol. The van der Waals surface area contributed by atoms with E-state index in [2.05, 4.69) is 12.1 Å². The number of fused-ring (bicyclic) bond motifs is 1. The molecular weight excluding hydrogens is 584 g/mol. The first-order chi connectivity index (χ1) is 22.5. The van der Waals surface area contributed by atoms with Gasteiger partial charge in [0.15, 0.2) is 11.5 Å². The fourth-order valence-electron chi connectivity index (χ4n) is 5.98. The third kappa shape index (κ3) is 9.16. The summed E-state index contributed by atoms with van der Waals surface area (Å²) < 4.78 is 28.4. The Hall–Kier alpha value is -4.24. The van der Waals surface area contributed by atoms with Gasteiger partial charge in [0, 0.05) is 33.2 Å². The Morgan fingerprint density at radius 2 is 1.54 bits per heavy atom. The highest BCUT2D eigenvalue weighted by Gasteiger charge is 2.27. The molecule has 0 radical (unpaired) electrons. The van der Waals surface area contributed by atoms with Crippen LogP contribution in [0.2, 0.25) is 0 Å². The summed E-state index contributed by atoms with van der Waals surface area (Å²) in [7, 11) is 6.40.